The van der Waals surface area contributed by atoms with Crippen molar-refractivity contribution in [1.29, 1.82) is 0 Å². The number of rotatable bonds is 0. The topological polar surface area (TPSA) is 35.5 Å². The maximum atomic E-state index is 9.53. The second-order valence-electron chi connectivity index (χ2n) is 0.925. The fourth-order valence-electron chi connectivity index (χ4n) is 0. The van der Waals surface area contributed by atoms with Crippen LogP contribution in [0, 0.1) is 14.2 Å². The summed E-state index contributed by atoms with van der Waals surface area (Å²) in [6, 6.07) is 0. The third-order valence-electron chi connectivity index (χ3n) is 0.203. The Kier molecular flexibility index (Phi) is 28.6. The first-order valence-corrected chi connectivity index (χ1v) is 1.89. The predicted molar refractivity (Wildman–Crippen MR) is 29.5 cm³/mol. The minimum Gasteiger partial charge on any atom is -0.640 e. The second-order valence-corrected chi connectivity index (χ2v) is 0.925. The van der Waals surface area contributed by atoms with Gasteiger partial charge in [-0.25, -0.2) is 7.11 Å². The van der Waals surface area contributed by atoms with Gasteiger partial charge in [-0.2, -0.15) is 7.11 Å². The third-order valence-corrected chi connectivity index (χ3v) is 0.203. The summed E-state index contributed by atoms with van der Waals surface area (Å²) in [6.07, 6.45) is 0. The zero-order valence-electron chi connectivity index (χ0n) is 5.72. The van der Waals surface area contributed by atoms with Crippen LogP contribution in [0.5, 0.6) is 0 Å². The smallest absolute Gasteiger partial charge is 0.270 e. The molecule has 1 radical (unpaired) electrons. The number of methoxy groups -OCH3 is 1. The van der Waals surface area contributed by atoms with Gasteiger partial charge in [-0.05, 0) is 7.11 Å². The summed E-state index contributed by atoms with van der Waals surface area (Å²) in [5, 5.41) is 0. The van der Waals surface area contributed by atoms with E-state index >= 15 is 0 Å². The molecule has 4 heteroatoms. The molecule has 0 amide bonds. The molecule has 0 N–H and O–H groups in total. The predicted octanol–water partition coefficient (Wildman–Crippen LogP) is 0.763. The number of esters is 1. The summed E-state index contributed by atoms with van der Waals surface area (Å²) < 4.78 is 7.86. The molecule has 0 spiro atoms. The van der Waals surface area contributed by atoms with Gasteiger partial charge in [0, 0.05) is 39.6 Å². The summed E-state index contributed by atoms with van der Waals surface area (Å²) in [6.45, 7) is 1.30. The Balaban J connectivity index is -0.0000000800. The van der Waals surface area contributed by atoms with Crippen LogP contribution in [-0.2, 0) is 47.0 Å². The van der Waals surface area contributed by atoms with E-state index in [2.05, 4.69) is 23.7 Å². The van der Waals surface area contributed by atoms with Crippen LogP contribution < -0.4 is 0 Å². The SMILES string of the molecule is [CH2-]OC.[CH2-]OC(C)=O.[Y]. The van der Waals surface area contributed by atoms with Crippen molar-refractivity contribution in [3.05, 3.63) is 14.2 Å². The molecule has 0 atom stereocenters. The molecule has 0 rings (SSSR count). The van der Waals surface area contributed by atoms with Gasteiger partial charge < -0.3 is 9.47 Å². The molecule has 0 heterocycles. The van der Waals surface area contributed by atoms with Crippen molar-refractivity contribution in [2.24, 2.45) is 0 Å². The van der Waals surface area contributed by atoms with Gasteiger partial charge in [0.25, 0.3) is 5.97 Å². The Hall–Kier alpha value is 0.534. The van der Waals surface area contributed by atoms with Gasteiger partial charge in [-0.1, -0.05) is 0 Å². The summed E-state index contributed by atoms with van der Waals surface area (Å²) in [5.41, 5.74) is 0. The Morgan fingerprint density at radius 1 is 1.44 bits per heavy atom. The molecule has 0 bridgehead atoms. The number of hydrogen-bond acceptors (Lipinski definition) is 3. The standard InChI is InChI=1S/C3H5O2.C2H5O.Y/c1-3(4)5-2;1-3-2;/h2H2,1H3;1H2,2H3;/q2*-1;. The van der Waals surface area contributed by atoms with Gasteiger partial charge >= 0.3 is 0 Å². The van der Waals surface area contributed by atoms with E-state index in [-0.39, 0.29) is 38.7 Å². The van der Waals surface area contributed by atoms with Crippen LogP contribution >= 0.6 is 0 Å². The summed E-state index contributed by atoms with van der Waals surface area (Å²) in [7, 11) is 7.34. The van der Waals surface area contributed by atoms with E-state index in [9.17, 15) is 4.79 Å². The zero-order chi connectivity index (χ0) is 6.99. The number of hydrogen-bond donors (Lipinski definition) is 0. The molecule has 0 aliphatic carbocycles. The minimum absolute atomic E-state index is 0. The van der Waals surface area contributed by atoms with Crippen LogP contribution in [0.15, 0.2) is 0 Å². The van der Waals surface area contributed by atoms with E-state index in [0.717, 1.165) is 0 Å². The fraction of sp³-hybridized carbons (Fsp3) is 0.400. The van der Waals surface area contributed by atoms with Crippen molar-refractivity contribution in [3.8, 4) is 0 Å². The van der Waals surface area contributed by atoms with E-state index in [1.807, 2.05) is 0 Å². The van der Waals surface area contributed by atoms with E-state index in [1.54, 1.807) is 0 Å². The van der Waals surface area contributed by atoms with Gasteiger partial charge in [-0.3, -0.25) is 4.79 Å². The van der Waals surface area contributed by atoms with Gasteiger partial charge in [0.15, 0.2) is 0 Å². The number of carbonyl (C=O) groups is 1. The minimum atomic E-state index is -0.356. The number of ether oxygens (including phenoxy) is 2. The first-order chi connectivity index (χ1) is 3.68. The Bertz CT molecular complexity index is 56.2. The Labute approximate surface area is 81.0 Å². The van der Waals surface area contributed by atoms with Crippen LogP contribution in [0.4, 0.5) is 0 Å². The third kappa shape index (κ3) is 56.7. The van der Waals surface area contributed by atoms with Crippen LogP contribution in [0.1, 0.15) is 6.92 Å². The zero-order valence-corrected chi connectivity index (χ0v) is 8.55. The van der Waals surface area contributed by atoms with Crippen LogP contribution in [0.2, 0.25) is 0 Å². The monoisotopic (exact) mass is 207 g/mol. The van der Waals surface area contributed by atoms with Gasteiger partial charge in [0.1, 0.15) is 0 Å². The Morgan fingerprint density at radius 3 is 1.56 bits per heavy atom. The molecule has 0 unspecified atom stereocenters. The van der Waals surface area contributed by atoms with Gasteiger partial charge in [0.2, 0.25) is 0 Å². The first kappa shape index (κ1) is 16.3. The molecule has 0 saturated carbocycles. The average Bonchev–Trinajstić information content (AvgIpc) is 1.69. The molecular weight excluding hydrogens is 197 g/mol. The molecule has 3 nitrogen and oxygen atoms in total. The van der Waals surface area contributed by atoms with E-state index in [0.29, 0.717) is 0 Å². The molecule has 0 aromatic heterocycles. The molecule has 53 valence electrons. The molecule has 0 aliphatic rings. The van der Waals surface area contributed by atoms with Crippen LogP contribution in [-0.4, -0.2) is 13.1 Å². The molecule has 0 aromatic carbocycles. The van der Waals surface area contributed by atoms with E-state index in [1.165, 1.54) is 14.0 Å². The van der Waals surface area contributed by atoms with Crippen molar-refractivity contribution in [2.75, 3.05) is 7.11 Å². The van der Waals surface area contributed by atoms with Gasteiger partial charge in [0.05, 0.1) is 0 Å². The largest absolute Gasteiger partial charge is 0.640 e. The molecule has 0 saturated heterocycles. The average molecular weight is 207 g/mol. The maximum absolute atomic E-state index is 9.53. The maximum Gasteiger partial charge on any atom is 0.270 e. The van der Waals surface area contributed by atoms with Crippen molar-refractivity contribution in [3.63, 3.8) is 0 Å². The van der Waals surface area contributed by atoms with Gasteiger partial charge in [-0.15, -0.1) is 0 Å². The summed E-state index contributed by atoms with van der Waals surface area (Å²) in [4.78, 5) is 9.53. The van der Waals surface area contributed by atoms with E-state index in [4.69, 9.17) is 0 Å². The second kappa shape index (κ2) is 15.8. The molecular formula is C5H10O3Y-2. The normalized spacial score (nSPS) is 5.78. The fourth-order valence-corrected chi connectivity index (χ4v) is 0. The Morgan fingerprint density at radius 2 is 1.56 bits per heavy atom. The summed E-state index contributed by atoms with van der Waals surface area (Å²) >= 11 is 0. The molecule has 9 heavy (non-hydrogen) atoms. The first-order valence-electron chi connectivity index (χ1n) is 1.89. The van der Waals surface area contributed by atoms with Crippen molar-refractivity contribution in [2.45, 2.75) is 6.92 Å². The van der Waals surface area contributed by atoms with Crippen molar-refractivity contribution in [1.82, 2.24) is 0 Å². The molecule has 0 fully saturated rings. The number of carbonyl (C=O) groups excluding carboxylic acids is 1. The molecule has 0 aromatic rings. The van der Waals surface area contributed by atoms with Crippen molar-refractivity contribution < 1.29 is 47.0 Å². The summed E-state index contributed by atoms with van der Waals surface area (Å²) in [5.74, 6) is -0.356. The van der Waals surface area contributed by atoms with Crippen LogP contribution in [0.3, 0.4) is 0 Å². The molecule has 0 aliphatic heterocycles. The van der Waals surface area contributed by atoms with Crippen LogP contribution in [0.25, 0.3) is 0 Å². The van der Waals surface area contributed by atoms with E-state index < -0.39 is 0 Å². The quantitative estimate of drug-likeness (QED) is 0.434. The van der Waals surface area contributed by atoms with Crippen molar-refractivity contribution >= 4 is 5.97 Å².